The maximum atomic E-state index is 9.90. The first-order valence-electron chi connectivity index (χ1n) is 6.36. The lowest BCUT2D eigenvalue weighted by molar-refractivity contribution is -0.138. The Morgan fingerprint density at radius 2 is 1.90 bits per heavy atom. The molecule has 0 unspecified atom stereocenters. The van der Waals surface area contributed by atoms with Gasteiger partial charge in [0.15, 0.2) is 0 Å². The van der Waals surface area contributed by atoms with Crippen molar-refractivity contribution in [1.29, 1.82) is 5.26 Å². The number of nitrogens with zero attached hydrogens (tertiary/aromatic N) is 1. The Kier molecular flexibility index (Phi) is 5.26. The SMILES string of the molecule is CC(C)(C)OC=O.N#Cc1ccc(C2(O)CNC2)cc1. The molecule has 1 aromatic rings. The molecule has 1 aliphatic rings. The second-order valence-electron chi connectivity index (χ2n) is 5.65. The van der Waals surface area contributed by atoms with Crippen molar-refractivity contribution in [3.63, 3.8) is 0 Å². The molecule has 20 heavy (non-hydrogen) atoms. The van der Waals surface area contributed by atoms with Gasteiger partial charge in [-0.3, -0.25) is 4.79 Å². The Bertz CT molecular complexity index is 479. The number of nitrogens with one attached hydrogen (secondary N) is 1. The second kappa shape index (κ2) is 6.51. The van der Waals surface area contributed by atoms with Gasteiger partial charge in [-0.1, -0.05) is 12.1 Å². The number of carbonyl (C=O) groups is 1. The van der Waals surface area contributed by atoms with Crippen molar-refractivity contribution >= 4 is 6.47 Å². The van der Waals surface area contributed by atoms with Gasteiger partial charge < -0.3 is 15.2 Å². The van der Waals surface area contributed by atoms with Crippen molar-refractivity contribution in [2.24, 2.45) is 0 Å². The average Bonchev–Trinajstić information content (AvgIpc) is 2.35. The largest absolute Gasteiger partial charge is 0.462 e. The van der Waals surface area contributed by atoms with Crippen LogP contribution in [-0.2, 0) is 15.1 Å². The molecule has 2 rings (SSSR count). The molecule has 1 heterocycles. The molecule has 0 radical (unpaired) electrons. The van der Waals surface area contributed by atoms with Gasteiger partial charge in [0.1, 0.15) is 11.2 Å². The number of rotatable bonds is 2. The number of β-amino-alcohol motifs (C(OH)–C–C–N with tert-alkyl or cyclic N) is 1. The Morgan fingerprint density at radius 3 is 2.15 bits per heavy atom. The van der Waals surface area contributed by atoms with Crippen molar-refractivity contribution in [2.45, 2.75) is 32.0 Å². The van der Waals surface area contributed by atoms with Crippen molar-refractivity contribution in [3.8, 4) is 6.07 Å². The predicted octanol–water partition coefficient (Wildman–Crippen LogP) is 1.31. The fourth-order valence-electron chi connectivity index (χ4n) is 1.57. The van der Waals surface area contributed by atoms with E-state index in [0.29, 0.717) is 25.1 Å². The average molecular weight is 276 g/mol. The highest BCUT2D eigenvalue weighted by Gasteiger charge is 2.35. The van der Waals surface area contributed by atoms with Crippen LogP contribution >= 0.6 is 0 Å². The zero-order chi connectivity index (χ0) is 15.2. The minimum absolute atomic E-state index is 0.318. The van der Waals surface area contributed by atoms with E-state index < -0.39 is 5.60 Å². The summed E-state index contributed by atoms with van der Waals surface area (Å²) in [5.74, 6) is 0. The summed E-state index contributed by atoms with van der Waals surface area (Å²) in [5.41, 5.74) is 0.473. The summed E-state index contributed by atoms with van der Waals surface area (Å²) in [6, 6.07) is 9.11. The minimum Gasteiger partial charge on any atom is -0.462 e. The number of ether oxygens (including phenoxy) is 1. The van der Waals surface area contributed by atoms with E-state index in [1.165, 1.54) is 0 Å². The summed E-state index contributed by atoms with van der Waals surface area (Å²) in [5, 5.41) is 21.5. The van der Waals surface area contributed by atoms with E-state index in [2.05, 4.69) is 10.1 Å². The van der Waals surface area contributed by atoms with Crippen LogP contribution in [0.4, 0.5) is 0 Å². The molecule has 5 heteroatoms. The molecule has 0 atom stereocenters. The van der Waals surface area contributed by atoms with Crippen LogP contribution in [0.15, 0.2) is 24.3 Å². The monoisotopic (exact) mass is 276 g/mol. The smallest absolute Gasteiger partial charge is 0.293 e. The molecule has 5 nitrogen and oxygen atoms in total. The lowest BCUT2D eigenvalue weighted by Crippen LogP contribution is -2.56. The van der Waals surface area contributed by atoms with E-state index in [-0.39, 0.29) is 5.60 Å². The van der Waals surface area contributed by atoms with Crippen LogP contribution in [0.2, 0.25) is 0 Å². The van der Waals surface area contributed by atoms with Gasteiger partial charge in [-0.05, 0) is 38.5 Å². The Morgan fingerprint density at radius 1 is 1.35 bits per heavy atom. The number of nitriles is 1. The quantitative estimate of drug-likeness (QED) is 0.796. The maximum Gasteiger partial charge on any atom is 0.293 e. The highest BCUT2D eigenvalue weighted by molar-refractivity contribution is 5.38. The van der Waals surface area contributed by atoms with Gasteiger partial charge >= 0.3 is 0 Å². The topological polar surface area (TPSA) is 82.4 Å². The number of benzene rings is 1. The first-order chi connectivity index (χ1) is 9.30. The lowest BCUT2D eigenvalue weighted by Gasteiger charge is -2.38. The zero-order valence-corrected chi connectivity index (χ0v) is 12.0. The van der Waals surface area contributed by atoms with Crippen LogP contribution in [-0.4, -0.2) is 30.3 Å². The molecule has 0 aromatic heterocycles. The molecule has 0 bridgehead atoms. The third-order valence-electron chi connectivity index (χ3n) is 2.79. The van der Waals surface area contributed by atoms with E-state index in [0.717, 1.165) is 5.56 Å². The molecule has 2 N–H and O–H groups in total. The first-order valence-corrected chi connectivity index (χ1v) is 6.36. The summed E-state index contributed by atoms with van der Waals surface area (Å²) in [4.78, 5) is 9.60. The molecule has 108 valence electrons. The summed E-state index contributed by atoms with van der Waals surface area (Å²) in [6.45, 7) is 7.11. The molecular weight excluding hydrogens is 256 g/mol. The molecule has 0 aliphatic carbocycles. The second-order valence-corrected chi connectivity index (χ2v) is 5.65. The summed E-state index contributed by atoms with van der Waals surface area (Å²) in [6.07, 6.45) is 0. The van der Waals surface area contributed by atoms with Crippen molar-refractivity contribution < 1.29 is 14.6 Å². The van der Waals surface area contributed by atoms with Gasteiger partial charge in [-0.25, -0.2) is 0 Å². The molecule has 0 amide bonds. The molecule has 0 saturated carbocycles. The zero-order valence-electron chi connectivity index (χ0n) is 12.0. The maximum absolute atomic E-state index is 9.90. The van der Waals surface area contributed by atoms with Crippen LogP contribution < -0.4 is 5.32 Å². The Balaban J connectivity index is 0.000000246. The van der Waals surface area contributed by atoms with Gasteiger partial charge in [0.25, 0.3) is 6.47 Å². The molecule has 1 saturated heterocycles. The van der Waals surface area contributed by atoms with E-state index in [1.54, 1.807) is 24.3 Å². The normalized spacial score (nSPS) is 15.9. The third-order valence-corrected chi connectivity index (χ3v) is 2.79. The van der Waals surface area contributed by atoms with Gasteiger partial charge in [0.05, 0.1) is 11.6 Å². The fourth-order valence-corrected chi connectivity index (χ4v) is 1.57. The molecule has 0 spiro atoms. The van der Waals surface area contributed by atoms with Crippen LogP contribution in [0.1, 0.15) is 31.9 Å². The lowest BCUT2D eigenvalue weighted by atomic mass is 9.88. The molecule has 1 aromatic carbocycles. The molecule has 1 aliphatic heterocycles. The fraction of sp³-hybridized carbons (Fsp3) is 0.467. The van der Waals surface area contributed by atoms with Crippen LogP contribution in [0.5, 0.6) is 0 Å². The number of hydrogen-bond donors (Lipinski definition) is 2. The first kappa shape index (κ1) is 16.2. The van der Waals surface area contributed by atoms with Gasteiger partial charge in [-0.2, -0.15) is 5.26 Å². The number of aliphatic hydroxyl groups is 1. The summed E-state index contributed by atoms with van der Waals surface area (Å²) in [7, 11) is 0. The molecule has 1 fully saturated rings. The number of carbonyl (C=O) groups excluding carboxylic acids is 1. The summed E-state index contributed by atoms with van der Waals surface area (Å²) < 4.78 is 4.55. The van der Waals surface area contributed by atoms with Crippen LogP contribution in [0, 0.1) is 11.3 Å². The third kappa shape index (κ3) is 4.65. The van der Waals surface area contributed by atoms with Gasteiger partial charge in [-0.15, -0.1) is 0 Å². The number of hydrogen-bond acceptors (Lipinski definition) is 5. The van der Waals surface area contributed by atoms with E-state index in [4.69, 9.17) is 5.26 Å². The summed E-state index contributed by atoms with van der Waals surface area (Å²) >= 11 is 0. The minimum atomic E-state index is -0.714. The van der Waals surface area contributed by atoms with E-state index >= 15 is 0 Å². The van der Waals surface area contributed by atoms with Crippen molar-refractivity contribution in [3.05, 3.63) is 35.4 Å². The molecular formula is C15H20N2O3. The predicted molar refractivity (Wildman–Crippen MR) is 74.8 cm³/mol. The van der Waals surface area contributed by atoms with Crippen LogP contribution in [0.25, 0.3) is 0 Å². The van der Waals surface area contributed by atoms with Crippen molar-refractivity contribution in [2.75, 3.05) is 13.1 Å². The van der Waals surface area contributed by atoms with Gasteiger partial charge in [0, 0.05) is 13.1 Å². The van der Waals surface area contributed by atoms with Gasteiger partial charge in [0.2, 0.25) is 0 Å². The Labute approximate surface area is 119 Å². The van der Waals surface area contributed by atoms with Crippen LogP contribution in [0.3, 0.4) is 0 Å². The highest BCUT2D eigenvalue weighted by Crippen LogP contribution is 2.24. The highest BCUT2D eigenvalue weighted by atomic mass is 16.5. The van der Waals surface area contributed by atoms with Crippen molar-refractivity contribution in [1.82, 2.24) is 5.32 Å². The standard InChI is InChI=1S/C10H10N2O.C5H10O2/c11-5-8-1-3-9(4-2-8)10(13)6-12-7-10;1-5(2,3)7-4-6/h1-4,12-13H,6-7H2;4H,1-3H3. The Hall–Kier alpha value is -1.90. The van der Waals surface area contributed by atoms with E-state index in [9.17, 15) is 9.90 Å². The van der Waals surface area contributed by atoms with E-state index in [1.807, 2.05) is 26.8 Å².